The summed E-state index contributed by atoms with van der Waals surface area (Å²) >= 11 is 1.24. The molecule has 0 radical (unpaired) electrons. The zero-order valence-corrected chi connectivity index (χ0v) is 17.1. The molecule has 1 saturated heterocycles. The molecular weight excluding hydrogens is 391 g/mol. The normalized spacial score (nSPS) is 16.6. The van der Waals surface area contributed by atoms with Gasteiger partial charge in [0, 0.05) is 13.0 Å². The van der Waals surface area contributed by atoms with E-state index in [1.165, 1.54) is 11.3 Å². The number of ketones is 1. The number of aromatic nitrogens is 3. The third-order valence-corrected chi connectivity index (χ3v) is 6.22. The van der Waals surface area contributed by atoms with Crippen LogP contribution in [0.2, 0.25) is 0 Å². The van der Waals surface area contributed by atoms with Gasteiger partial charge in [-0.3, -0.25) is 9.59 Å². The first-order chi connectivity index (χ1) is 14.1. The minimum absolute atomic E-state index is 0.170. The van der Waals surface area contributed by atoms with Crippen LogP contribution in [0.25, 0.3) is 4.96 Å². The van der Waals surface area contributed by atoms with Crippen molar-refractivity contribution in [1.29, 1.82) is 0 Å². The molecule has 0 aliphatic carbocycles. The van der Waals surface area contributed by atoms with Crippen molar-refractivity contribution in [2.24, 2.45) is 0 Å². The molecule has 0 saturated carbocycles. The van der Waals surface area contributed by atoms with Crippen LogP contribution in [0.5, 0.6) is 0 Å². The molecule has 2 aromatic heterocycles. The SMILES string of the molecule is CCCc1nc2sc(N3CCC[C@@H]3C(=O)CCc3ccccc3)nn2c(=O)c1F. The molecule has 29 heavy (non-hydrogen) atoms. The Morgan fingerprint density at radius 3 is 2.83 bits per heavy atom. The van der Waals surface area contributed by atoms with Crippen LogP contribution in [-0.4, -0.2) is 33.0 Å². The number of aryl methyl sites for hydroxylation is 2. The van der Waals surface area contributed by atoms with Crippen LogP contribution < -0.4 is 10.5 Å². The maximum Gasteiger partial charge on any atom is 0.311 e. The van der Waals surface area contributed by atoms with Crippen molar-refractivity contribution >= 4 is 27.2 Å². The van der Waals surface area contributed by atoms with Gasteiger partial charge in [-0.1, -0.05) is 55.0 Å². The fourth-order valence-corrected chi connectivity index (χ4v) is 4.77. The number of rotatable bonds is 7. The van der Waals surface area contributed by atoms with E-state index in [0.29, 0.717) is 42.3 Å². The van der Waals surface area contributed by atoms with E-state index in [-0.39, 0.29) is 17.5 Å². The first-order valence-electron chi connectivity index (χ1n) is 10.00. The van der Waals surface area contributed by atoms with Crippen LogP contribution in [-0.2, 0) is 17.6 Å². The zero-order valence-electron chi connectivity index (χ0n) is 16.3. The summed E-state index contributed by atoms with van der Waals surface area (Å²) in [4.78, 5) is 31.8. The maximum absolute atomic E-state index is 14.3. The first kappa shape index (κ1) is 19.7. The lowest BCUT2D eigenvalue weighted by atomic mass is 10.0. The Kier molecular flexibility index (Phi) is 5.71. The van der Waals surface area contributed by atoms with E-state index in [1.54, 1.807) is 0 Å². The highest BCUT2D eigenvalue weighted by Gasteiger charge is 2.33. The van der Waals surface area contributed by atoms with E-state index >= 15 is 0 Å². The Morgan fingerprint density at radius 2 is 2.07 bits per heavy atom. The molecule has 0 unspecified atom stereocenters. The summed E-state index contributed by atoms with van der Waals surface area (Å²) in [5, 5.41) is 4.86. The largest absolute Gasteiger partial charge is 0.337 e. The fourth-order valence-electron chi connectivity index (χ4n) is 3.78. The summed E-state index contributed by atoms with van der Waals surface area (Å²) in [5.41, 5.74) is 0.553. The Balaban J connectivity index is 1.56. The van der Waals surface area contributed by atoms with Gasteiger partial charge in [0.15, 0.2) is 5.78 Å². The maximum atomic E-state index is 14.3. The van der Waals surface area contributed by atoms with Crippen molar-refractivity contribution in [2.45, 2.75) is 51.5 Å². The molecule has 8 heteroatoms. The predicted molar refractivity (Wildman–Crippen MR) is 111 cm³/mol. The van der Waals surface area contributed by atoms with Crippen LogP contribution >= 0.6 is 11.3 Å². The van der Waals surface area contributed by atoms with Gasteiger partial charge in [0.2, 0.25) is 15.9 Å². The summed E-state index contributed by atoms with van der Waals surface area (Å²) in [6, 6.07) is 9.69. The molecule has 3 heterocycles. The Bertz CT molecular complexity index is 1080. The third-order valence-electron chi connectivity index (χ3n) is 5.27. The minimum Gasteiger partial charge on any atom is -0.337 e. The second-order valence-corrected chi connectivity index (χ2v) is 8.24. The third kappa shape index (κ3) is 3.94. The molecule has 1 aliphatic heterocycles. The molecule has 0 amide bonds. The summed E-state index contributed by atoms with van der Waals surface area (Å²) in [7, 11) is 0. The molecule has 1 aromatic carbocycles. The number of halogens is 1. The molecule has 0 bridgehead atoms. The van der Waals surface area contributed by atoms with Crippen molar-refractivity contribution in [1.82, 2.24) is 14.6 Å². The fraction of sp³-hybridized carbons (Fsp3) is 0.429. The second-order valence-electron chi connectivity index (χ2n) is 7.31. The predicted octanol–water partition coefficient (Wildman–Crippen LogP) is 3.41. The molecule has 1 atom stereocenters. The monoisotopic (exact) mass is 414 g/mol. The zero-order chi connectivity index (χ0) is 20.4. The topological polar surface area (TPSA) is 67.6 Å². The number of Topliss-reactive ketones (excluding diaryl/α,β-unsaturated/α-hetero) is 1. The van der Waals surface area contributed by atoms with Crippen LogP contribution in [0, 0.1) is 5.82 Å². The number of nitrogens with zero attached hydrogens (tertiary/aromatic N) is 4. The van der Waals surface area contributed by atoms with Crippen molar-refractivity contribution < 1.29 is 9.18 Å². The van der Waals surface area contributed by atoms with Gasteiger partial charge in [-0.05, 0) is 31.2 Å². The number of anilines is 1. The van der Waals surface area contributed by atoms with E-state index in [0.717, 1.165) is 22.9 Å². The average Bonchev–Trinajstić information content (AvgIpc) is 3.38. The number of fused-ring (bicyclic) bond motifs is 1. The van der Waals surface area contributed by atoms with E-state index in [1.807, 2.05) is 42.2 Å². The van der Waals surface area contributed by atoms with Gasteiger partial charge in [-0.25, -0.2) is 4.98 Å². The van der Waals surface area contributed by atoms with Crippen LogP contribution in [0.3, 0.4) is 0 Å². The lowest BCUT2D eigenvalue weighted by Crippen LogP contribution is -2.36. The number of benzene rings is 1. The smallest absolute Gasteiger partial charge is 0.311 e. The molecular formula is C21H23FN4O2S. The summed E-state index contributed by atoms with van der Waals surface area (Å²) in [6.07, 6.45) is 3.93. The van der Waals surface area contributed by atoms with Gasteiger partial charge in [0.05, 0.1) is 11.7 Å². The summed E-state index contributed by atoms with van der Waals surface area (Å²) < 4.78 is 15.3. The van der Waals surface area contributed by atoms with Crippen LogP contribution in [0.4, 0.5) is 9.52 Å². The lowest BCUT2D eigenvalue weighted by molar-refractivity contribution is -0.120. The van der Waals surface area contributed by atoms with Gasteiger partial charge >= 0.3 is 5.56 Å². The molecule has 1 fully saturated rings. The quantitative estimate of drug-likeness (QED) is 0.593. The first-order valence-corrected chi connectivity index (χ1v) is 10.8. The van der Waals surface area contributed by atoms with Crippen LogP contribution in [0.1, 0.15) is 43.9 Å². The number of hydrogen-bond acceptors (Lipinski definition) is 6. The Morgan fingerprint density at radius 1 is 1.28 bits per heavy atom. The highest BCUT2D eigenvalue weighted by molar-refractivity contribution is 7.20. The highest BCUT2D eigenvalue weighted by Crippen LogP contribution is 2.30. The van der Waals surface area contributed by atoms with Crippen molar-refractivity contribution in [2.75, 3.05) is 11.4 Å². The molecule has 0 spiro atoms. The highest BCUT2D eigenvalue weighted by atomic mass is 32.1. The van der Waals surface area contributed by atoms with Gasteiger partial charge in [0.1, 0.15) is 0 Å². The second kappa shape index (κ2) is 8.41. The minimum atomic E-state index is -0.835. The average molecular weight is 415 g/mol. The summed E-state index contributed by atoms with van der Waals surface area (Å²) in [5.74, 6) is -0.665. The number of carbonyl (C=O) groups excluding carboxylic acids is 1. The van der Waals surface area contributed by atoms with E-state index < -0.39 is 11.4 Å². The van der Waals surface area contributed by atoms with Gasteiger partial charge < -0.3 is 4.90 Å². The molecule has 0 N–H and O–H groups in total. The molecule has 152 valence electrons. The number of carbonyl (C=O) groups is 1. The van der Waals surface area contributed by atoms with E-state index in [9.17, 15) is 14.0 Å². The van der Waals surface area contributed by atoms with Crippen LogP contribution in [0.15, 0.2) is 35.1 Å². The standard InChI is InChI=1S/C21H23FN4O2S/c1-2-7-15-18(22)19(28)26-20(23-15)29-21(24-26)25-13-6-10-16(25)17(27)12-11-14-8-4-3-5-9-14/h3-5,8-9,16H,2,6-7,10-13H2,1H3/t16-/m1/s1. The van der Waals surface area contributed by atoms with E-state index in [2.05, 4.69) is 10.1 Å². The Hall–Kier alpha value is -2.61. The lowest BCUT2D eigenvalue weighted by Gasteiger charge is -2.22. The Labute approximate surface area is 172 Å². The van der Waals surface area contributed by atoms with Crippen molar-refractivity contribution in [3.63, 3.8) is 0 Å². The van der Waals surface area contributed by atoms with Gasteiger partial charge in [-0.2, -0.15) is 8.91 Å². The molecule has 4 rings (SSSR count). The van der Waals surface area contributed by atoms with E-state index in [4.69, 9.17) is 0 Å². The van der Waals surface area contributed by atoms with Gasteiger partial charge in [0.25, 0.3) is 0 Å². The molecule has 3 aromatic rings. The molecule has 6 nitrogen and oxygen atoms in total. The van der Waals surface area contributed by atoms with Gasteiger partial charge in [-0.15, -0.1) is 5.10 Å². The number of hydrogen-bond donors (Lipinski definition) is 0. The van der Waals surface area contributed by atoms with Crippen molar-refractivity contribution in [3.05, 3.63) is 57.8 Å². The molecule has 1 aliphatic rings. The summed E-state index contributed by atoms with van der Waals surface area (Å²) in [6.45, 7) is 2.61. The van der Waals surface area contributed by atoms with Crippen molar-refractivity contribution in [3.8, 4) is 0 Å².